The summed E-state index contributed by atoms with van der Waals surface area (Å²) in [5, 5.41) is -0.163. The van der Waals surface area contributed by atoms with Crippen LogP contribution in [0.3, 0.4) is 0 Å². The van der Waals surface area contributed by atoms with E-state index in [1.54, 1.807) is 12.4 Å². The zero-order valence-electron chi connectivity index (χ0n) is 13.5. The molecule has 4 aliphatic rings. The molecule has 130 valence electrons. The van der Waals surface area contributed by atoms with Crippen molar-refractivity contribution in [3.8, 4) is 0 Å². The Kier molecular flexibility index (Phi) is 3.21. The van der Waals surface area contributed by atoms with Gasteiger partial charge in [-0.1, -0.05) is 0 Å². The summed E-state index contributed by atoms with van der Waals surface area (Å²) in [4.78, 5) is 10.9. The van der Waals surface area contributed by atoms with Crippen molar-refractivity contribution < 1.29 is 13.2 Å². The van der Waals surface area contributed by atoms with Crippen LogP contribution in [-0.2, 0) is 14.8 Å². The van der Waals surface area contributed by atoms with Crippen molar-refractivity contribution in [2.75, 3.05) is 24.5 Å². The minimum absolute atomic E-state index is 0.139. The maximum absolute atomic E-state index is 12.1. The first-order chi connectivity index (χ1) is 11.6. The molecule has 1 N–H and O–H groups in total. The van der Waals surface area contributed by atoms with Crippen LogP contribution in [0, 0.1) is 11.8 Å². The molecule has 1 aromatic rings. The molecule has 2 bridgehead atoms. The average molecular weight is 350 g/mol. The fourth-order valence-electron chi connectivity index (χ4n) is 4.78. The number of rotatable bonds is 5. The van der Waals surface area contributed by atoms with Gasteiger partial charge in [-0.05, 0) is 31.7 Å². The average Bonchev–Trinajstić information content (AvgIpc) is 3.19. The van der Waals surface area contributed by atoms with Gasteiger partial charge in [-0.25, -0.2) is 23.1 Å². The molecule has 0 aromatic carbocycles. The zero-order chi connectivity index (χ0) is 16.4. The van der Waals surface area contributed by atoms with Crippen LogP contribution < -0.4 is 9.62 Å². The van der Waals surface area contributed by atoms with Gasteiger partial charge in [-0.2, -0.15) is 0 Å². The van der Waals surface area contributed by atoms with Gasteiger partial charge in [0.1, 0.15) is 0 Å². The highest BCUT2D eigenvalue weighted by Crippen LogP contribution is 2.55. The van der Waals surface area contributed by atoms with Gasteiger partial charge in [0, 0.05) is 37.3 Å². The number of sulfonamides is 1. The van der Waals surface area contributed by atoms with Crippen molar-refractivity contribution >= 4 is 16.0 Å². The molecule has 4 atom stereocenters. The van der Waals surface area contributed by atoms with Gasteiger partial charge in [0.05, 0.1) is 23.5 Å². The molecule has 3 aliphatic heterocycles. The first kappa shape index (κ1) is 15.0. The monoisotopic (exact) mass is 350 g/mol. The minimum atomic E-state index is -3.13. The summed E-state index contributed by atoms with van der Waals surface area (Å²) >= 11 is 0. The summed E-state index contributed by atoms with van der Waals surface area (Å²) < 4.78 is 33.5. The topological polar surface area (TPSA) is 84.4 Å². The van der Waals surface area contributed by atoms with Gasteiger partial charge >= 0.3 is 0 Å². The van der Waals surface area contributed by atoms with Gasteiger partial charge in [0.15, 0.2) is 0 Å². The van der Waals surface area contributed by atoms with E-state index in [1.807, 2.05) is 6.07 Å². The highest BCUT2D eigenvalue weighted by molar-refractivity contribution is 7.90. The Morgan fingerprint density at radius 3 is 2.83 bits per heavy atom. The van der Waals surface area contributed by atoms with Crippen molar-refractivity contribution in [2.45, 2.75) is 42.6 Å². The molecule has 1 aliphatic carbocycles. The van der Waals surface area contributed by atoms with Crippen LogP contribution in [-0.4, -0.2) is 55.0 Å². The second-order valence-electron chi connectivity index (χ2n) is 7.55. The number of nitrogens with one attached hydrogen (secondary N) is 1. The van der Waals surface area contributed by atoms with Crippen molar-refractivity contribution in [1.29, 1.82) is 0 Å². The normalized spacial score (nSPS) is 37.8. The molecule has 8 heteroatoms. The van der Waals surface area contributed by atoms with Crippen LogP contribution in [0.15, 0.2) is 18.5 Å². The lowest BCUT2D eigenvalue weighted by Gasteiger charge is -2.29. The quantitative estimate of drug-likeness (QED) is 0.834. The first-order valence-electron chi connectivity index (χ1n) is 8.76. The molecule has 1 spiro atoms. The Bertz CT molecular complexity index is 739. The van der Waals surface area contributed by atoms with Crippen molar-refractivity contribution in [3.05, 3.63) is 18.5 Å². The smallest absolute Gasteiger partial charge is 0.225 e. The van der Waals surface area contributed by atoms with E-state index in [0.29, 0.717) is 12.5 Å². The minimum Gasteiger partial charge on any atom is -0.369 e. The summed E-state index contributed by atoms with van der Waals surface area (Å²) in [6, 6.07) is 1.82. The van der Waals surface area contributed by atoms with Crippen LogP contribution in [0.4, 0.5) is 5.95 Å². The highest BCUT2D eigenvalue weighted by Gasteiger charge is 2.63. The fourth-order valence-corrected chi connectivity index (χ4v) is 6.20. The van der Waals surface area contributed by atoms with Crippen LogP contribution in [0.1, 0.15) is 25.7 Å². The lowest BCUT2D eigenvalue weighted by molar-refractivity contribution is 0.0141. The van der Waals surface area contributed by atoms with Gasteiger partial charge < -0.3 is 9.64 Å². The fraction of sp³-hybridized carbons (Fsp3) is 0.750. The number of fused-ring (bicyclic) bond motifs is 1. The Morgan fingerprint density at radius 1 is 1.29 bits per heavy atom. The summed E-state index contributed by atoms with van der Waals surface area (Å²) in [6.45, 7) is 2.15. The second kappa shape index (κ2) is 5.12. The molecule has 0 amide bonds. The van der Waals surface area contributed by atoms with Gasteiger partial charge in [-0.3, -0.25) is 0 Å². The Balaban J connectivity index is 1.33. The Hall–Kier alpha value is -1.25. The molecule has 7 nitrogen and oxygen atoms in total. The lowest BCUT2D eigenvalue weighted by atomic mass is 9.74. The third kappa shape index (κ3) is 2.27. The molecule has 1 aromatic heterocycles. The maximum atomic E-state index is 12.1. The summed E-state index contributed by atoms with van der Waals surface area (Å²) in [7, 11) is -3.13. The molecule has 5 rings (SSSR count). The van der Waals surface area contributed by atoms with E-state index in [-0.39, 0.29) is 22.9 Å². The van der Waals surface area contributed by atoms with E-state index in [9.17, 15) is 8.42 Å². The molecular formula is C16H22N4O3S. The highest BCUT2D eigenvalue weighted by atomic mass is 32.2. The van der Waals surface area contributed by atoms with E-state index < -0.39 is 10.0 Å². The molecule has 1 saturated carbocycles. The Morgan fingerprint density at radius 2 is 2.08 bits per heavy atom. The molecule has 0 unspecified atom stereocenters. The zero-order valence-corrected chi connectivity index (χ0v) is 14.3. The van der Waals surface area contributed by atoms with Crippen LogP contribution in [0.5, 0.6) is 0 Å². The van der Waals surface area contributed by atoms with Crippen LogP contribution >= 0.6 is 0 Å². The molecular weight excluding hydrogens is 328 g/mol. The number of anilines is 1. The van der Waals surface area contributed by atoms with E-state index in [2.05, 4.69) is 19.6 Å². The van der Waals surface area contributed by atoms with Gasteiger partial charge in [0.2, 0.25) is 16.0 Å². The predicted molar refractivity (Wildman–Crippen MR) is 88.0 cm³/mol. The largest absolute Gasteiger partial charge is 0.369 e. The van der Waals surface area contributed by atoms with E-state index in [1.165, 1.54) is 0 Å². The van der Waals surface area contributed by atoms with Crippen molar-refractivity contribution in [2.24, 2.45) is 11.8 Å². The molecule has 4 fully saturated rings. The molecule has 0 radical (unpaired) electrons. The number of hydrogen-bond donors (Lipinski definition) is 1. The SMILES string of the molecule is O=S(=O)(NC[C@H]1[C@H]2CN(c3ncccn3)C[C@]23CC[C@H]1O3)C1CC1. The Labute approximate surface area is 141 Å². The molecule has 3 saturated heterocycles. The summed E-state index contributed by atoms with van der Waals surface area (Å²) in [6.07, 6.45) is 7.38. The summed E-state index contributed by atoms with van der Waals surface area (Å²) in [5.74, 6) is 1.34. The van der Waals surface area contributed by atoms with Gasteiger partial charge in [-0.15, -0.1) is 0 Å². The third-order valence-corrected chi connectivity index (χ3v) is 8.02. The number of ether oxygens (including phenoxy) is 1. The van der Waals surface area contributed by atoms with E-state index in [0.717, 1.165) is 44.7 Å². The standard InChI is InChI=1S/C16H22N4O3S/c21-24(22,11-2-3-11)19-8-12-13-9-20(15-17-6-1-7-18-15)10-16(13)5-4-14(12)23-16/h1,6-7,11-14,19H,2-5,8-10H2/t12-,13+,14+,16+/m0/s1. The predicted octanol–water partition coefficient (Wildman–Crippen LogP) is 0.542. The number of nitrogens with zero attached hydrogens (tertiary/aromatic N) is 3. The summed E-state index contributed by atoms with van der Waals surface area (Å²) in [5.41, 5.74) is -0.139. The maximum Gasteiger partial charge on any atom is 0.225 e. The molecule has 24 heavy (non-hydrogen) atoms. The number of hydrogen-bond acceptors (Lipinski definition) is 6. The van der Waals surface area contributed by atoms with Crippen molar-refractivity contribution in [3.63, 3.8) is 0 Å². The molecule has 4 heterocycles. The number of aromatic nitrogens is 2. The van der Waals surface area contributed by atoms with Crippen LogP contribution in [0.2, 0.25) is 0 Å². The second-order valence-corrected chi connectivity index (χ2v) is 9.60. The van der Waals surface area contributed by atoms with Crippen molar-refractivity contribution in [1.82, 2.24) is 14.7 Å². The lowest BCUT2D eigenvalue weighted by Crippen LogP contribution is -2.42. The van der Waals surface area contributed by atoms with Crippen LogP contribution in [0.25, 0.3) is 0 Å². The van der Waals surface area contributed by atoms with E-state index >= 15 is 0 Å². The van der Waals surface area contributed by atoms with E-state index in [4.69, 9.17) is 4.74 Å². The first-order valence-corrected chi connectivity index (χ1v) is 10.3. The van der Waals surface area contributed by atoms with Gasteiger partial charge in [0.25, 0.3) is 0 Å². The third-order valence-electron chi connectivity index (χ3n) is 6.10.